The number of nitrogens with one attached hydrogen (secondary N) is 1. The van der Waals surface area contributed by atoms with Crippen LogP contribution in [-0.2, 0) is 14.3 Å². The van der Waals surface area contributed by atoms with Gasteiger partial charge in [-0.1, -0.05) is 0 Å². The lowest BCUT2D eigenvalue weighted by Crippen LogP contribution is -2.43. The van der Waals surface area contributed by atoms with Crippen molar-refractivity contribution in [1.29, 1.82) is 0 Å². The number of hydrogen-bond acceptors (Lipinski definition) is 5. The second-order valence-electron chi connectivity index (χ2n) is 4.73. The summed E-state index contributed by atoms with van der Waals surface area (Å²) in [6.07, 6.45) is -5.39. The van der Waals surface area contributed by atoms with Crippen molar-refractivity contribution in [2.45, 2.75) is 6.18 Å². The molecule has 0 atom stereocenters. The Labute approximate surface area is 150 Å². The molecule has 0 aliphatic rings. The van der Waals surface area contributed by atoms with E-state index in [1.807, 2.05) is 0 Å². The number of hydrogen-bond donors (Lipinski definition) is 1. The fourth-order valence-electron chi connectivity index (χ4n) is 1.65. The molecule has 0 radical (unpaired) electrons. The van der Waals surface area contributed by atoms with Crippen LogP contribution < -0.4 is 10.1 Å². The zero-order valence-corrected chi connectivity index (χ0v) is 13.4. The lowest BCUT2D eigenvalue weighted by atomic mass is 10.2. The number of carbonyl (C=O) groups is 3. The minimum Gasteiger partial charge on any atom is -0.483 e. The van der Waals surface area contributed by atoms with Gasteiger partial charge in [0, 0.05) is 24.2 Å². The maximum absolute atomic E-state index is 13.2. The first-order valence-corrected chi connectivity index (χ1v) is 6.93. The van der Waals surface area contributed by atoms with E-state index in [1.165, 1.54) is 0 Å². The van der Waals surface area contributed by atoms with Crippen LogP contribution in [0.1, 0.15) is 14.5 Å². The van der Waals surface area contributed by atoms with Gasteiger partial charge in [0.2, 0.25) is 0 Å². The van der Waals surface area contributed by atoms with E-state index in [0.29, 0.717) is 0 Å². The van der Waals surface area contributed by atoms with Crippen molar-refractivity contribution in [2.24, 2.45) is 0 Å². The maximum atomic E-state index is 13.2. The van der Waals surface area contributed by atoms with Crippen LogP contribution >= 0.6 is 0 Å². The van der Waals surface area contributed by atoms with Gasteiger partial charge in [0.25, 0.3) is 5.91 Å². The summed E-state index contributed by atoms with van der Waals surface area (Å²) >= 11 is 0. The number of alkyl halides is 3. The third-order valence-corrected chi connectivity index (χ3v) is 2.85. The molecule has 1 N–H and O–H groups in total. The summed E-state index contributed by atoms with van der Waals surface area (Å²) in [5, 5.41) is 2.07. The quantitative estimate of drug-likeness (QED) is 0.564. The van der Waals surface area contributed by atoms with Crippen LogP contribution in [0.5, 0.6) is 5.75 Å². The highest BCUT2D eigenvalue weighted by Crippen LogP contribution is 2.20. The minimum absolute atomic E-state index is 0.190. The average molecular weight is 383 g/mol. The molecule has 0 unspecified atom stereocenters. The number of likely N-dealkylation sites (N-methyl/N-ethyl adjacent to an activating group) is 1. The Morgan fingerprint density at radius 2 is 2.00 bits per heavy atom. The van der Waals surface area contributed by atoms with Crippen LogP contribution in [0.25, 0.3) is 0 Å². The number of amides is 2. The van der Waals surface area contributed by atoms with Gasteiger partial charge in [-0.2, -0.15) is 13.2 Å². The van der Waals surface area contributed by atoms with E-state index >= 15 is 0 Å². The zero-order chi connectivity index (χ0) is 22.4. The Hall–Kier alpha value is -2.85. The summed E-state index contributed by atoms with van der Waals surface area (Å²) < 4.78 is 81.2. The van der Waals surface area contributed by atoms with Crippen LogP contribution in [0.2, 0.25) is 0 Å². The van der Waals surface area contributed by atoms with Gasteiger partial charge in [-0.15, -0.1) is 0 Å². The van der Waals surface area contributed by atoms with Crippen LogP contribution in [-0.4, -0.2) is 62.6 Å². The monoisotopic (exact) mass is 383 g/mol. The van der Waals surface area contributed by atoms with Crippen LogP contribution in [0.15, 0.2) is 18.2 Å². The molecule has 0 bridgehead atoms. The number of benzene rings is 1. The van der Waals surface area contributed by atoms with Gasteiger partial charge in [0.1, 0.15) is 17.1 Å². The molecule has 0 aromatic heterocycles. The second kappa shape index (κ2) is 9.02. The molecule has 1 aromatic carbocycles. The van der Waals surface area contributed by atoms with Gasteiger partial charge in [-0.05, 0) is 18.2 Å². The fourth-order valence-corrected chi connectivity index (χ4v) is 1.65. The summed E-state index contributed by atoms with van der Waals surface area (Å²) in [7, 11) is 1.04. The molecule has 0 saturated heterocycles. The third kappa shape index (κ3) is 6.22. The maximum Gasteiger partial charge on any atom is 0.471 e. The number of carbonyl (C=O) groups excluding carboxylic acids is 3. The lowest BCUT2D eigenvalue weighted by Gasteiger charge is -2.18. The highest BCUT2D eigenvalue weighted by atomic mass is 19.4. The summed E-state index contributed by atoms with van der Waals surface area (Å²) in [4.78, 5) is 34.1. The number of nitrogens with zero attached hydrogens (tertiary/aromatic N) is 1. The molecule has 144 valence electrons. The van der Waals surface area contributed by atoms with Crippen molar-refractivity contribution in [2.75, 3.05) is 33.8 Å². The molecule has 0 aliphatic heterocycles. The molecule has 0 fully saturated rings. The zero-order valence-electron chi connectivity index (χ0n) is 16.4. The molecule has 0 heterocycles. The van der Waals surface area contributed by atoms with E-state index < -0.39 is 61.3 Å². The van der Waals surface area contributed by atoms with E-state index in [0.717, 1.165) is 25.3 Å². The van der Waals surface area contributed by atoms with Gasteiger partial charge in [0.15, 0.2) is 6.61 Å². The van der Waals surface area contributed by atoms with E-state index in [2.05, 4.69) is 10.1 Å². The Balaban J connectivity index is 2.66. The molecule has 26 heavy (non-hydrogen) atoms. The molecule has 0 spiro atoms. The van der Waals surface area contributed by atoms with Crippen LogP contribution in [0, 0.1) is 5.82 Å². The SMILES string of the molecule is [2H]C([2H])([2H])N(CCNC(=O)COc1ccc(F)cc1C(=O)OC)C(=O)C(F)(F)F. The molecule has 7 nitrogen and oxygen atoms in total. The van der Waals surface area contributed by atoms with Crippen LogP contribution in [0.3, 0.4) is 0 Å². The highest BCUT2D eigenvalue weighted by molar-refractivity contribution is 5.92. The summed E-state index contributed by atoms with van der Waals surface area (Å²) in [5.74, 6) is -5.35. The first kappa shape index (κ1) is 16.6. The standard InChI is InChI=1S/C15H16F4N2O5/c1-21(14(24)15(17,18)19)6-5-20-12(22)8-26-11-4-3-9(16)7-10(11)13(23)25-2/h3-4,7H,5-6,8H2,1-2H3,(H,20,22)/i1D3. The van der Waals surface area contributed by atoms with E-state index in [1.54, 1.807) is 0 Å². The first-order valence-electron chi connectivity index (χ1n) is 8.43. The van der Waals surface area contributed by atoms with Gasteiger partial charge >= 0.3 is 18.1 Å². The van der Waals surface area contributed by atoms with Gasteiger partial charge < -0.3 is 19.7 Å². The third-order valence-electron chi connectivity index (χ3n) is 2.85. The number of halogens is 4. The number of ether oxygens (including phenoxy) is 2. The summed E-state index contributed by atoms with van der Waals surface area (Å²) in [5.41, 5.74) is -0.301. The minimum atomic E-state index is -5.39. The Kier molecular flexibility index (Phi) is 5.76. The van der Waals surface area contributed by atoms with E-state index in [-0.39, 0.29) is 11.3 Å². The Bertz CT molecular complexity index is 771. The molecule has 2 amide bonds. The van der Waals surface area contributed by atoms with Crippen molar-refractivity contribution in [1.82, 2.24) is 10.2 Å². The van der Waals surface area contributed by atoms with Crippen molar-refractivity contribution >= 4 is 17.8 Å². The normalized spacial score (nSPS) is 13.0. The highest BCUT2D eigenvalue weighted by Gasteiger charge is 2.40. The molecular formula is C15H16F4N2O5. The molecule has 1 rings (SSSR count). The lowest BCUT2D eigenvalue weighted by molar-refractivity contribution is -0.183. The topological polar surface area (TPSA) is 84.9 Å². The molecule has 1 aromatic rings. The van der Waals surface area contributed by atoms with E-state index in [9.17, 15) is 31.9 Å². The molecular weight excluding hydrogens is 364 g/mol. The molecule has 11 heteroatoms. The summed E-state index contributed by atoms with van der Waals surface area (Å²) in [6, 6.07) is 2.83. The smallest absolute Gasteiger partial charge is 0.471 e. The summed E-state index contributed by atoms with van der Waals surface area (Å²) in [6.45, 7) is -5.64. The largest absolute Gasteiger partial charge is 0.483 e. The number of methoxy groups -OCH3 is 1. The molecule has 0 saturated carbocycles. The fraction of sp³-hybridized carbons (Fsp3) is 0.400. The number of esters is 1. The van der Waals surface area contributed by atoms with Gasteiger partial charge in [0.05, 0.1) is 7.11 Å². The molecule has 0 aliphatic carbocycles. The first-order chi connectivity index (χ1) is 13.3. The van der Waals surface area contributed by atoms with Gasteiger partial charge in [-0.25, -0.2) is 9.18 Å². The van der Waals surface area contributed by atoms with Crippen molar-refractivity contribution in [3.63, 3.8) is 0 Å². The second-order valence-corrected chi connectivity index (χ2v) is 4.73. The van der Waals surface area contributed by atoms with E-state index in [4.69, 9.17) is 8.85 Å². The van der Waals surface area contributed by atoms with Crippen molar-refractivity contribution in [3.8, 4) is 5.75 Å². The Morgan fingerprint density at radius 1 is 1.31 bits per heavy atom. The number of rotatable bonds is 7. The predicted molar refractivity (Wildman–Crippen MR) is 79.9 cm³/mol. The van der Waals surface area contributed by atoms with Crippen molar-refractivity contribution in [3.05, 3.63) is 29.6 Å². The Morgan fingerprint density at radius 3 is 2.58 bits per heavy atom. The van der Waals surface area contributed by atoms with Gasteiger partial charge in [-0.3, -0.25) is 9.59 Å². The van der Waals surface area contributed by atoms with Crippen LogP contribution in [0.4, 0.5) is 17.6 Å². The predicted octanol–water partition coefficient (Wildman–Crippen LogP) is 1.13. The average Bonchev–Trinajstić information content (AvgIpc) is 2.61. The van der Waals surface area contributed by atoms with Crippen molar-refractivity contribution < 1.29 is 45.5 Å².